The molecule has 3 aromatic carbocycles. The van der Waals surface area contributed by atoms with Crippen molar-refractivity contribution in [2.75, 3.05) is 4.90 Å². The highest BCUT2D eigenvalue weighted by atomic mass is 79.9. The third-order valence-electron chi connectivity index (χ3n) is 5.02. The number of fused-ring (bicyclic) bond motifs is 1. The van der Waals surface area contributed by atoms with Gasteiger partial charge in [-0.3, -0.25) is 4.90 Å². The first-order chi connectivity index (χ1) is 14.0. The maximum atomic E-state index is 14.1. The first-order valence-corrected chi connectivity index (χ1v) is 10.4. The predicted molar refractivity (Wildman–Crippen MR) is 116 cm³/mol. The second-order valence-electron chi connectivity index (χ2n) is 6.91. The van der Waals surface area contributed by atoms with Crippen molar-refractivity contribution in [3.05, 3.63) is 98.7 Å². The summed E-state index contributed by atoms with van der Waals surface area (Å²) in [6.45, 7) is 0.163. The van der Waals surface area contributed by atoms with Crippen molar-refractivity contribution in [3.63, 3.8) is 0 Å². The second-order valence-corrected chi connectivity index (χ2v) is 8.21. The Balaban J connectivity index is 1.70. The quantitative estimate of drug-likeness (QED) is 0.406. The van der Waals surface area contributed by atoms with Gasteiger partial charge in [-0.25, -0.2) is 9.18 Å². The topological polar surface area (TPSA) is 29.5 Å². The van der Waals surface area contributed by atoms with E-state index in [0.717, 1.165) is 16.7 Å². The van der Waals surface area contributed by atoms with Crippen LogP contribution in [-0.2, 0) is 17.8 Å². The highest BCUT2D eigenvalue weighted by molar-refractivity contribution is 9.10. The summed E-state index contributed by atoms with van der Waals surface area (Å²) < 4.78 is 20.0. The van der Waals surface area contributed by atoms with Gasteiger partial charge in [0.15, 0.2) is 0 Å². The summed E-state index contributed by atoms with van der Waals surface area (Å²) in [5.74, 6) is -0.345. The van der Waals surface area contributed by atoms with Gasteiger partial charge >= 0.3 is 6.09 Å². The first-order valence-electron chi connectivity index (χ1n) is 9.26. The molecule has 0 saturated heterocycles. The molecule has 4 rings (SSSR count). The minimum atomic E-state index is -0.474. The van der Waals surface area contributed by atoms with Crippen LogP contribution >= 0.6 is 27.5 Å². The summed E-state index contributed by atoms with van der Waals surface area (Å²) >= 11 is 9.43. The minimum Gasteiger partial charge on any atom is -0.444 e. The van der Waals surface area contributed by atoms with Crippen LogP contribution in [0.5, 0.6) is 0 Å². The SMILES string of the molecule is O=C(OCc1ccccc1)N1c2cc(Br)c(F)cc2CCC1c1cccc(Cl)c1. The zero-order valence-electron chi connectivity index (χ0n) is 15.4. The van der Waals surface area contributed by atoms with E-state index in [-0.39, 0.29) is 18.5 Å². The summed E-state index contributed by atoms with van der Waals surface area (Å²) in [7, 11) is 0. The number of anilines is 1. The summed E-state index contributed by atoms with van der Waals surface area (Å²) in [6, 6.07) is 19.8. The zero-order chi connectivity index (χ0) is 20.4. The summed E-state index contributed by atoms with van der Waals surface area (Å²) in [4.78, 5) is 14.8. The average Bonchev–Trinajstić information content (AvgIpc) is 2.73. The third-order valence-corrected chi connectivity index (χ3v) is 5.86. The van der Waals surface area contributed by atoms with Gasteiger partial charge in [-0.1, -0.05) is 54.1 Å². The molecule has 29 heavy (non-hydrogen) atoms. The van der Waals surface area contributed by atoms with Gasteiger partial charge in [-0.05, 0) is 69.7 Å². The molecule has 1 heterocycles. The summed E-state index contributed by atoms with van der Waals surface area (Å²) in [5, 5.41) is 0.603. The van der Waals surface area contributed by atoms with Crippen LogP contribution in [0.4, 0.5) is 14.9 Å². The zero-order valence-corrected chi connectivity index (χ0v) is 17.8. The number of hydrogen-bond acceptors (Lipinski definition) is 2. The molecular formula is C23H18BrClFNO2. The van der Waals surface area contributed by atoms with Crippen LogP contribution in [-0.4, -0.2) is 6.09 Å². The van der Waals surface area contributed by atoms with Gasteiger partial charge in [-0.15, -0.1) is 0 Å². The molecular weight excluding hydrogens is 457 g/mol. The Morgan fingerprint density at radius 1 is 1.14 bits per heavy atom. The van der Waals surface area contributed by atoms with Crippen molar-refractivity contribution < 1.29 is 13.9 Å². The van der Waals surface area contributed by atoms with Crippen molar-refractivity contribution in [1.29, 1.82) is 0 Å². The van der Waals surface area contributed by atoms with E-state index >= 15 is 0 Å². The molecule has 1 aliphatic rings. The van der Waals surface area contributed by atoms with Gasteiger partial charge in [0.2, 0.25) is 0 Å². The minimum absolute atomic E-state index is 0.163. The lowest BCUT2D eigenvalue weighted by molar-refractivity contribution is 0.143. The number of ether oxygens (including phenoxy) is 1. The largest absolute Gasteiger partial charge is 0.444 e. The molecule has 6 heteroatoms. The molecule has 0 N–H and O–H groups in total. The maximum Gasteiger partial charge on any atom is 0.415 e. The molecule has 0 bridgehead atoms. The second kappa shape index (κ2) is 8.56. The van der Waals surface area contributed by atoms with Crippen molar-refractivity contribution in [1.82, 2.24) is 0 Å². The van der Waals surface area contributed by atoms with Crippen LogP contribution in [0.3, 0.4) is 0 Å². The monoisotopic (exact) mass is 473 g/mol. The van der Waals surface area contributed by atoms with Gasteiger partial charge in [0.25, 0.3) is 0 Å². The van der Waals surface area contributed by atoms with Gasteiger partial charge in [-0.2, -0.15) is 0 Å². The highest BCUT2D eigenvalue weighted by Crippen LogP contribution is 2.41. The van der Waals surface area contributed by atoms with E-state index in [2.05, 4.69) is 15.9 Å². The molecule has 3 nitrogen and oxygen atoms in total. The Kier molecular flexibility index (Phi) is 5.88. The molecule has 1 amide bonds. The molecule has 0 saturated carbocycles. The van der Waals surface area contributed by atoms with Crippen molar-refractivity contribution >= 4 is 39.3 Å². The Hall–Kier alpha value is -2.37. The number of carbonyl (C=O) groups excluding carboxylic acids is 1. The smallest absolute Gasteiger partial charge is 0.415 e. The van der Waals surface area contributed by atoms with Crippen molar-refractivity contribution in [2.45, 2.75) is 25.5 Å². The summed E-state index contributed by atoms with van der Waals surface area (Å²) in [5.41, 5.74) is 3.24. The fourth-order valence-electron chi connectivity index (χ4n) is 3.64. The average molecular weight is 475 g/mol. The number of aryl methyl sites for hydroxylation is 1. The number of nitrogens with zero attached hydrogens (tertiary/aromatic N) is 1. The molecule has 0 aromatic heterocycles. The molecule has 0 fully saturated rings. The van der Waals surface area contributed by atoms with Crippen LogP contribution in [0.1, 0.15) is 29.2 Å². The van der Waals surface area contributed by atoms with Crippen LogP contribution in [0.2, 0.25) is 5.02 Å². The number of amides is 1. The predicted octanol–water partition coefficient (Wildman–Crippen LogP) is 7.07. The molecule has 1 atom stereocenters. The first kappa shape index (κ1) is 19.9. The number of halogens is 3. The normalized spacial score (nSPS) is 15.7. The van der Waals surface area contributed by atoms with Crippen LogP contribution in [0, 0.1) is 5.82 Å². The Bertz CT molecular complexity index is 1040. The molecule has 1 aliphatic heterocycles. The van der Waals surface area contributed by atoms with Crippen LogP contribution in [0.15, 0.2) is 71.2 Å². The lowest BCUT2D eigenvalue weighted by Crippen LogP contribution is -2.39. The fraction of sp³-hybridized carbons (Fsp3) is 0.174. The standard InChI is InChI=1S/C23H18BrClFNO2/c24-19-13-22-17(12-20(19)26)9-10-21(16-7-4-8-18(25)11-16)27(22)23(28)29-14-15-5-2-1-3-6-15/h1-8,11-13,21H,9-10,14H2. The van der Waals surface area contributed by atoms with E-state index in [1.165, 1.54) is 6.07 Å². The number of rotatable bonds is 3. The number of benzene rings is 3. The van der Waals surface area contributed by atoms with E-state index < -0.39 is 6.09 Å². The van der Waals surface area contributed by atoms with Crippen LogP contribution < -0.4 is 4.90 Å². The fourth-order valence-corrected chi connectivity index (χ4v) is 4.17. The Morgan fingerprint density at radius 3 is 2.69 bits per heavy atom. The lowest BCUT2D eigenvalue weighted by atomic mass is 9.91. The maximum absolute atomic E-state index is 14.1. The Labute approximate surface area is 182 Å². The van der Waals surface area contributed by atoms with Crippen molar-refractivity contribution in [3.8, 4) is 0 Å². The van der Waals surface area contributed by atoms with E-state index in [4.69, 9.17) is 16.3 Å². The van der Waals surface area contributed by atoms with Gasteiger partial charge < -0.3 is 4.74 Å². The molecule has 0 aliphatic carbocycles. The van der Waals surface area contributed by atoms with Gasteiger partial charge in [0.1, 0.15) is 12.4 Å². The number of carbonyl (C=O) groups is 1. The van der Waals surface area contributed by atoms with Gasteiger partial charge in [0, 0.05) is 5.02 Å². The molecule has 148 valence electrons. The van der Waals surface area contributed by atoms with Crippen molar-refractivity contribution in [2.24, 2.45) is 0 Å². The molecule has 1 unspecified atom stereocenters. The molecule has 3 aromatic rings. The van der Waals surface area contributed by atoms with E-state index in [0.29, 0.717) is 28.0 Å². The molecule has 0 spiro atoms. The third kappa shape index (κ3) is 4.31. The van der Waals surface area contributed by atoms with Crippen LogP contribution in [0.25, 0.3) is 0 Å². The Morgan fingerprint density at radius 2 is 1.93 bits per heavy atom. The van der Waals surface area contributed by atoms with E-state index in [9.17, 15) is 9.18 Å². The van der Waals surface area contributed by atoms with E-state index in [1.54, 1.807) is 17.0 Å². The van der Waals surface area contributed by atoms with E-state index in [1.807, 2.05) is 48.5 Å². The van der Waals surface area contributed by atoms with Gasteiger partial charge in [0.05, 0.1) is 16.2 Å². The molecule has 0 radical (unpaired) electrons. The lowest BCUT2D eigenvalue weighted by Gasteiger charge is -2.37. The summed E-state index contributed by atoms with van der Waals surface area (Å²) in [6.07, 6.45) is 0.826. The number of hydrogen-bond donors (Lipinski definition) is 0. The highest BCUT2D eigenvalue weighted by Gasteiger charge is 2.34.